The Morgan fingerprint density at radius 2 is 2.09 bits per heavy atom. The highest BCUT2D eigenvalue weighted by Gasteiger charge is 2.21. The molecule has 0 spiro atoms. The Hall–Kier alpha value is -1.59. The molecule has 5 heteroatoms. The van der Waals surface area contributed by atoms with Crippen molar-refractivity contribution in [2.45, 2.75) is 45.8 Å². The van der Waals surface area contributed by atoms with Gasteiger partial charge >= 0.3 is 0 Å². The van der Waals surface area contributed by atoms with Gasteiger partial charge in [0.15, 0.2) is 0 Å². The molecule has 1 aromatic carbocycles. The lowest BCUT2D eigenvalue weighted by molar-refractivity contribution is 0.0520. The van der Waals surface area contributed by atoms with E-state index in [2.05, 4.69) is 24.1 Å². The van der Waals surface area contributed by atoms with Gasteiger partial charge in [0.1, 0.15) is 0 Å². The summed E-state index contributed by atoms with van der Waals surface area (Å²) in [6, 6.07) is 5.71. The lowest BCUT2D eigenvalue weighted by atomic mass is 10.0. The van der Waals surface area contributed by atoms with Crippen LogP contribution < -0.4 is 11.1 Å². The normalized spacial score (nSPS) is 16.7. The highest BCUT2D eigenvalue weighted by atomic mass is 16.5. The number of likely N-dealkylation sites (tertiary alicyclic amines) is 1. The van der Waals surface area contributed by atoms with Crippen molar-refractivity contribution in [2.24, 2.45) is 0 Å². The summed E-state index contributed by atoms with van der Waals surface area (Å²) in [5.41, 5.74) is 8.05. The number of nitrogen functional groups attached to an aromatic ring is 1. The molecule has 1 heterocycles. The zero-order valence-electron chi connectivity index (χ0n) is 14.5. The van der Waals surface area contributed by atoms with Crippen LogP contribution in [-0.4, -0.2) is 49.2 Å². The number of hydrogen-bond donors (Lipinski definition) is 2. The van der Waals surface area contributed by atoms with Crippen molar-refractivity contribution in [3.8, 4) is 0 Å². The lowest BCUT2D eigenvalue weighted by Gasteiger charge is -2.32. The van der Waals surface area contributed by atoms with Crippen LogP contribution in [0.3, 0.4) is 0 Å². The summed E-state index contributed by atoms with van der Waals surface area (Å²) in [6.07, 6.45) is 2.25. The minimum atomic E-state index is -0.0172. The summed E-state index contributed by atoms with van der Waals surface area (Å²) < 4.78 is 5.59. The van der Waals surface area contributed by atoms with Gasteiger partial charge in [0.05, 0.1) is 12.7 Å². The lowest BCUT2D eigenvalue weighted by Crippen LogP contribution is -2.45. The first-order valence-electron chi connectivity index (χ1n) is 8.46. The quantitative estimate of drug-likeness (QED) is 0.789. The number of anilines is 1. The molecule has 0 bridgehead atoms. The van der Waals surface area contributed by atoms with Crippen molar-refractivity contribution in [3.05, 3.63) is 29.3 Å². The predicted octanol–water partition coefficient (Wildman–Crippen LogP) is 2.20. The van der Waals surface area contributed by atoms with E-state index in [1.165, 1.54) is 0 Å². The van der Waals surface area contributed by atoms with Crippen LogP contribution in [0.5, 0.6) is 0 Å². The molecule has 0 unspecified atom stereocenters. The van der Waals surface area contributed by atoms with E-state index in [9.17, 15) is 4.79 Å². The SMILES string of the molecule is Cc1ccc(N)cc1C(=O)NC1CCN(CCOC(C)C)CC1. The number of aryl methyl sites for hydroxylation is 1. The average molecular weight is 319 g/mol. The van der Waals surface area contributed by atoms with Crippen LogP contribution in [0.2, 0.25) is 0 Å². The molecule has 1 amide bonds. The van der Waals surface area contributed by atoms with Crippen LogP contribution >= 0.6 is 0 Å². The van der Waals surface area contributed by atoms with Gasteiger partial charge in [-0.15, -0.1) is 0 Å². The summed E-state index contributed by atoms with van der Waals surface area (Å²) >= 11 is 0. The minimum absolute atomic E-state index is 0.0172. The average Bonchev–Trinajstić information content (AvgIpc) is 2.51. The summed E-state index contributed by atoms with van der Waals surface area (Å²) in [4.78, 5) is 14.8. The van der Waals surface area contributed by atoms with Crippen molar-refractivity contribution in [2.75, 3.05) is 32.0 Å². The van der Waals surface area contributed by atoms with Gasteiger partial charge in [-0.1, -0.05) is 6.07 Å². The molecule has 1 aliphatic heterocycles. The number of amides is 1. The van der Waals surface area contributed by atoms with Crippen molar-refractivity contribution in [1.82, 2.24) is 10.2 Å². The zero-order chi connectivity index (χ0) is 16.8. The van der Waals surface area contributed by atoms with Gasteiger partial charge in [-0.25, -0.2) is 0 Å². The number of carbonyl (C=O) groups excluding carboxylic acids is 1. The number of ether oxygens (including phenoxy) is 1. The minimum Gasteiger partial charge on any atom is -0.399 e. The maximum Gasteiger partial charge on any atom is 0.251 e. The second-order valence-electron chi connectivity index (χ2n) is 6.58. The Balaban J connectivity index is 1.77. The third-order valence-corrected chi connectivity index (χ3v) is 4.29. The third kappa shape index (κ3) is 5.52. The number of benzene rings is 1. The molecule has 0 aromatic heterocycles. The maximum absolute atomic E-state index is 12.4. The number of rotatable bonds is 6. The number of nitrogens with zero attached hydrogens (tertiary/aromatic N) is 1. The molecule has 1 aliphatic rings. The molecule has 128 valence electrons. The van der Waals surface area contributed by atoms with E-state index in [1.54, 1.807) is 6.07 Å². The van der Waals surface area contributed by atoms with Gasteiger partial charge in [0.2, 0.25) is 0 Å². The van der Waals surface area contributed by atoms with E-state index >= 15 is 0 Å². The highest BCUT2D eigenvalue weighted by Crippen LogP contribution is 2.15. The molecule has 0 aliphatic carbocycles. The Bertz CT molecular complexity index is 523. The third-order valence-electron chi connectivity index (χ3n) is 4.29. The second kappa shape index (κ2) is 8.31. The fraction of sp³-hybridized carbons (Fsp3) is 0.611. The van der Waals surface area contributed by atoms with Crippen LogP contribution in [0.4, 0.5) is 5.69 Å². The zero-order valence-corrected chi connectivity index (χ0v) is 14.5. The van der Waals surface area contributed by atoms with Crippen LogP contribution in [0.25, 0.3) is 0 Å². The molecule has 1 saturated heterocycles. The van der Waals surface area contributed by atoms with Crippen molar-refractivity contribution in [3.63, 3.8) is 0 Å². The number of carbonyl (C=O) groups is 1. The van der Waals surface area contributed by atoms with E-state index in [4.69, 9.17) is 10.5 Å². The van der Waals surface area contributed by atoms with Crippen molar-refractivity contribution < 1.29 is 9.53 Å². The molecule has 3 N–H and O–H groups in total. The second-order valence-corrected chi connectivity index (χ2v) is 6.58. The highest BCUT2D eigenvalue weighted by molar-refractivity contribution is 5.96. The summed E-state index contributed by atoms with van der Waals surface area (Å²) in [5.74, 6) is -0.0172. The van der Waals surface area contributed by atoms with Crippen molar-refractivity contribution >= 4 is 11.6 Å². The van der Waals surface area contributed by atoms with Gasteiger partial charge in [-0.05, 0) is 51.3 Å². The van der Waals surface area contributed by atoms with Crippen LogP contribution in [0, 0.1) is 6.92 Å². The number of nitrogens with one attached hydrogen (secondary N) is 1. The number of piperidine rings is 1. The molecule has 2 rings (SSSR count). The Morgan fingerprint density at radius 1 is 1.39 bits per heavy atom. The molecule has 1 aromatic rings. The smallest absolute Gasteiger partial charge is 0.251 e. The van der Waals surface area contributed by atoms with Gasteiger partial charge in [0.25, 0.3) is 5.91 Å². The summed E-state index contributed by atoms with van der Waals surface area (Å²) in [6.45, 7) is 9.79. The molecule has 0 saturated carbocycles. The maximum atomic E-state index is 12.4. The summed E-state index contributed by atoms with van der Waals surface area (Å²) in [7, 11) is 0. The fourth-order valence-electron chi connectivity index (χ4n) is 2.87. The molecule has 0 radical (unpaired) electrons. The van der Waals surface area contributed by atoms with Crippen LogP contribution in [0.15, 0.2) is 18.2 Å². The number of hydrogen-bond acceptors (Lipinski definition) is 4. The largest absolute Gasteiger partial charge is 0.399 e. The van der Waals surface area contributed by atoms with E-state index in [0.717, 1.165) is 44.6 Å². The Morgan fingerprint density at radius 3 is 2.74 bits per heavy atom. The topological polar surface area (TPSA) is 67.6 Å². The molecule has 5 nitrogen and oxygen atoms in total. The first kappa shape index (κ1) is 17.8. The van der Waals surface area contributed by atoms with E-state index in [0.29, 0.717) is 11.3 Å². The molecule has 1 fully saturated rings. The predicted molar refractivity (Wildman–Crippen MR) is 93.6 cm³/mol. The van der Waals surface area contributed by atoms with E-state index in [-0.39, 0.29) is 18.1 Å². The fourth-order valence-corrected chi connectivity index (χ4v) is 2.87. The van der Waals surface area contributed by atoms with Crippen molar-refractivity contribution in [1.29, 1.82) is 0 Å². The Kier molecular flexibility index (Phi) is 6.42. The first-order valence-corrected chi connectivity index (χ1v) is 8.46. The van der Waals surface area contributed by atoms with Gasteiger partial charge in [-0.3, -0.25) is 4.79 Å². The molecule has 0 atom stereocenters. The monoisotopic (exact) mass is 319 g/mol. The van der Waals surface area contributed by atoms with E-state index < -0.39 is 0 Å². The molecular formula is C18H29N3O2. The molecule has 23 heavy (non-hydrogen) atoms. The van der Waals surface area contributed by atoms with E-state index in [1.807, 2.05) is 19.1 Å². The van der Waals surface area contributed by atoms with Gasteiger partial charge < -0.3 is 20.7 Å². The van der Waals surface area contributed by atoms with Crippen LogP contribution in [0.1, 0.15) is 42.6 Å². The summed E-state index contributed by atoms with van der Waals surface area (Å²) in [5, 5.41) is 3.15. The number of nitrogens with two attached hydrogens (primary N) is 1. The Labute approximate surface area is 139 Å². The first-order chi connectivity index (χ1) is 11.0. The van der Waals surface area contributed by atoms with Gasteiger partial charge in [0, 0.05) is 36.9 Å². The van der Waals surface area contributed by atoms with Gasteiger partial charge in [-0.2, -0.15) is 0 Å². The standard InChI is InChI=1S/C18H29N3O2/c1-13(2)23-11-10-21-8-6-16(7-9-21)20-18(22)17-12-15(19)5-4-14(17)3/h4-5,12-13,16H,6-11,19H2,1-3H3,(H,20,22). The van der Waals surface area contributed by atoms with Crippen LogP contribution in [-0.2, 0) is 4.74 Å². The molecular weight excluding hydrogens is 290 g/mol.